The predicted molar refractivity (Wildman–Crippen MR) is 153 cm³/mol. The fraction of sp³-hybridized carbons (Fsp3) is 0.345. The normalized spacial score (nSPS) is 16.4. The van der Waals surface area contributed by atoms with Crippen LogP contribution in [0.4, 0.5) is 11.4 Å². The number of fused-ring (bicyclic) bond motifs is 1. The Labute approximate surface area is 218 Å². The first kappa shape index (κ1) is 25.4. The number of likely N-dealkylation sites (tertiary alicyclic amines) is 1. The highest BCUT2D eigenvalue weighted by Gasteiger charge is 2.28. The number of likely N-dealkylation sites (N-methyl/N-ethyl adjacent to an activating group) is 1. The fourth-order valence-corrected chi connectivity index (χ4v) is 7.27. The number of nitrogens with zero attached hydrogens (tertiary/aromatic N) is 2. The standard InChI is InChI=1S/C29H35N4O3P/c1-5-37(35,6-2)28-24(8-7-9-26(28)34)31-27-19(3)17-30-29-23(27)16-25(32-29)20-10-12-21(13-11-20)36-22-14-15-33(4)18-22/h7-13,16-17,22,34H,5-6,14-15,18H2,1-4H3,(H2,30,31,32). The van der Waals surface area contributed by atoms with Crippen molar-refractivity contribution in [2.24, 2.45) is 0 Å². The number of hydrogen-bond acceptors (Lipinski definition) is 6. The van der Waals surface area contributed by atoms with Crippen molar-refractivity contribution in [3.8, 4) is 22.8 Å². The third-order valence-electron chi connectivity index (χ3n) is 7.37. The summed E-state index contributed by atoms with van der Waals surface area (Å²) < 4.78 is 19.8. The topological polar surface area (TPSA) is 90.5 Å². The van der Waals surface area contributed by atoms with E-state index in [1.165, 1.54) is 0 Å². The lowest BCUT2D eigenvalue weighted by Gasteiger charge is -2.21. The Morgan fingerprint density at radius 3 is 2.62 bits per heavy atom. The summed E-state index contributed by atoms with van der Waals surface area (Å²) in [5, 5.41) is 15.6. The number of H-pyrrole nitrogens is 1. The van der Waals surface area contributed by atoms with Gasteiger partial charge in [-0.05, 0) is 74.0 Å². The van der Waals surface area contributed by atoms with Crippen molar-refractivity contribution < 1.29 is 14.4 Å². The Kier molecular flexibility index (Phi) is 7.02. The summed E-state index contributed by atoms with van der Waals surface area (Å²) in [6.07, 6.45) is 4.09. The minimum atomic E-state index is -2.73. The van der Waals surface area contributed by atoms with Gasteiger partial charge in [-0.3, -0.25) is 0 Å². The van der Waals surface area contributed by atoms with E-state index in [1.807, 2.05) is 45.2 Å². The second-order valence-electron chi connectivity index (χ2n) is 9.90. The molecule has 37 heavy (non-hydrogen) atoms. The number of aryl methyl sites for hydroxylation is 1. The number of aromatic nitrogens is 2. The molecule has 1 fully saturated rings. The van der Waals surface area contributed by atoms with Crippen LogP contribution in [-0.2, 0) is 4.57 Å². The Bertz CT molecular complexity index is 1460. The summed E-state index contributed by atoms with van der Waals surface area (Å²) in [7, 11) is -0.614. The van der Waals surface area contributed by atoms with Crippen LogP contribution in [0.2, 0.25) is 0 Å². The second kappa shape index (κ2) is 10.2. The van der Waals surface area contributed by atoms with Crippen LogP contribution in [0.3, 0.4) is 0 Å². The van der Waals surface area contributed by atoms with Crippen LogP contribution < -0.4 is 15.4 Å². The van der Waals surface area contributed by atoms with Gasteiger partial charge in [0.15, 0.2) is 0 Å². The van der Waals surface area contributed by atoms with E-state index in [0.29, 0.717) is 23.3 Å². The van der Waals surface area contributed by atoms with Gasteiger partial charge in [0.25, 0.3) is 0 Å². The molecule has 1 aliphatic heterocycles. The summed E-state index contributed by atoms with van der Waals surface area (Å²) >= 11 is 0. The zero-order valence-electron chi connectivity index (χ0n) is 21.9. The number of pyridine rings is 1. The molecule has 1 unspecified atom stereocenters. The maximum atomic E-state index is 13.6. The van der Waals surface area contributed by atoms with Crippen LogP contribution in [0.5, 0.6) is 11.5 Å². The molecule has 3 heterocycles. The van der Waals surface area contributed by atoms with Gasteiger partial charge in [-0.25, -0.2) is 4.98 Å². The lowest BCUT2D eigenvalue weighted by molar-refractivity contribution is 0.208. The molecule has 0 saturated carbocycles. The lowest BCUT2D eigenvalue weighted by Crippen LogP contribution is -2.21. The molecule has 0 aliphatic carbocycles. The van der Waals surface area contributed by atoms with Crippen LogP contribution in [0.25, 0.3) is 22.3 Å². The first-order chi connectivity index (χ1) is 17.8. The van der Waals surface area contributed by atoms with Crippen LogP contribution in [0.15, 0.2) is 54.7 Å². The van der Waals surface area contributed by atoms with Gasteiger partial charge in [0.1, 0.15) is 30.4 Å². The van der Waals surface area contributed by atoms with Gasteiger partial charge in [-0.15, -0.1) is 0 Å². The van der Waals surface area contributed by atoms with Gasteiger partial charge in [0.2, 0.25) is 0 Å². The Morgan fingerprint density at radius 1 is 1.19 bits per heavy atom. The second-order valence-corrected chi connectivity index (χ2v) is 13.4. The summed E-state index contributed by atoms with van der Waals surface area (Å²) in [5.74, 6) is 0.950. The van der Waals surface area contributed by atoms with Crippen molar-refractivity contribution >= 4 is 34.9 Å². The summed E-state index contributed by atoms with van der Waals surface area (Å²) in [4.78, 5) is 10.3. The molecule has 1 aliphatic rings. The van der Waals surface area contributed by atoms with E-state index in [9.17, 15) is 9.67 Å². The third-order valence-corrected chi connectivity index (χ3v) is 10.7. The smallest absolute Gasteiger partial charge is 0.139 e. The van der Waals surface area contributed by atoms with Gasteiger partial charge in [0, 0.05) is 42.7 Å². The Morgan fingerprint density at radius 2 is 1.95 bits per heavy atom. The van der Waals surface area contributed by atoms with Crippen molar-refractivity contribution in [3.05, 3.63) is 60.3 Å². The van der Waals surface area contributed by atoms with E-state index in [1.54, 1.807) is 12.1 Å². The number of phenolic OH excluding ortho intramolecular Hbond substituents is 1. The molecule has 0 spiro atoms. The highest BCUT2D eigenvalue weighted by Crippen LogP contribution is 2.49. The van der Waals surface area contributed by atoms with E-state index in [2.05, 4.69) is 45.4 Å². The number of ether oxygens (including phenoxy) is 1. The molecule has 0 bridgehead atoms. The molecule has 7 nitrogen and oxygen atoms in total. The first-order valence-electron chi connectivity index (χ1n) is 12.9. The van der Waals surface area contributed by atoms with Crippen molar-refractivity contribution in [2.45, 2.75) is 33.3 Å². The van der Waals surface area contributed by atoms with E-state index in [4.69, 9.17) is 4.74 Å². The highest BCUT2D eigenvalue weighted by atomic mass is 31.2. The summed E-state index contributed by atoms with van der Waals surface area (Å²) in [5.41, 5.74) is 5.26. The van der Waals surface area contributed by atoms with E-state index in [0.717, 1.165) is 58.8 Å². The number of aromatic hydroxyl groups is 1. The molecule has 8 heteroatoms. The van der Waals surface area contributed by atoms with Crippen molar-refractivity contribution in [1.29, 1.82) is 0 Å². The van der Waals surface area contributed by atoms with Gasteiger partial charge in [0.05, 0.1) is 16.7 Å². The number of aromatic amines is 1. The predicted octanol–water partition coefficient (Wildman–Crippen LogP) is 6.10. The van der Waals surface area contributed by atoms with Crippen molar-refractivity contribution in [1.82, 2.24) is 14.9 Å². The molecular formula is C29H35N4O3P. The molecule has 2 aromatic heterocycles. The van der Waals surface area contributed by atoms with Gasteiger partial charge >= 0.3 is 0 Å². The van der Waals surface area contributed by atoms with E-state index < -0.39 is 7.14 Å². The van der Waals surface area contributed by atoms with Crippen molar-refractivity contribution in [2.75, 3.05) is 37.8 Å². The van der Waals surface area contributed by atoms with E-state index in [-0.39, 0.29) is 11.9 Å². The van der Waals surface area contributed by atoms with E-state index >= 15 is 0 Å². The zero-order chi connectivity index (χ0) is 26.2. The van der Waals surface area contributed by atoms with Crippen LogP contribution in [-0.4, -0.2) is 58.5 Å². The maximum Gasteiger partial charge on any atom is 0.139 e. The summed E-state index contributed by atoms with van der Waals surface area (Å²) in [6, 6.07) is 15.5. The average molecular weight is 519 g/mol. The maximum absolute atomic E-state index is 13.6. The van der Waals surface area contributed by atoms with Crippen LogP contribution >= 0.6 is 7.14 Å². The monoisotopic (exact) mass is 518 g/mol. The molecule has 0 radical (unpaired) electrons. The number of benzene rings is 2. The lowest BCUT2D eigenvalue weighted by atomic mass is 10.1. The number of anilines is 2. The fourth-order valence-electron chi connectivity index (χ4n) is 5.13. The Hall–Kier alpha value is -3.28. The van der Waals surface area contributed by atoms with Gasteiger partial charge in [-0.2, -0.15) is 0 Å². The molecule has 4 aromatic rings. The van der Waals surface area contributed by atoms with Crippen LogP contribution in [0, 0.1) is 6.92 Å². The molecule has 194 valence electrons. The first-order valence-corrected chi connectivity index (χ1v) is 15.0. The number of phenols is 1. The number of nitrogens with one attached hydrogen (secondary N) is 2. The molecule has 1 atom stereocenters. The average Bonchev–Trinajstić information content (AvgIpc) is 3.52. The molecule has 1 saturated heterocycles. The summed E-state index contributed by atoms with van der Waals surface area (Å²) in [6.45, 7) is 7.85. The molecular weight excluding hydrogens is 483 g/mol. The molecule has 5 rings (SSSR count). The molecule has 0 amide bonds. The third kappa shape index (κ3) is 4.98. The van der Waals surface area contributed by atoms with Crippen LogP contribution in [0.1, 0.15) is 25.8 Å². The molecule has 2 aromatic carbocycles. The molecule has 3 N–H and O–H groups in total. The van der Waals surface area contributed by atoms with Gasteiger partial charge in [-0.1, -0.05) is 19.9 Å². The minimum absolute atomic E-state index is 0.0706. The largest absolute Gasteiger partial charge is 0.507 e. The number of rotatable bonds is 8. The number of hydrogen-bond donors (Lipinski definition) is 3. The quantitative estimate of drug-likeness (QED) is 0.244. The highest BCUT2D eigenvalue weighted by molar-refractivity contribution is 7.72. The minimum Gasteiger partial charge on any atom is -0.507 e. The SMILES string of the molecule is CCP(=O)(CC)c1c(O)cccc1Nc1c(C)cnc2[nH]c(-c3ccc(OC4CCN(C)C4)cc3)cc12. The zero-order valence-corrected chi connectivity index (χ0v) is 22.8. The van der Waals surface area contributed by atoms with Crippen molar-refractivity contribution in [3.63, 3.8) is 0 Å². The van der Waals surface area contributed by atoms with Gasteiger partial charge < -0.3 is 29.6 Å². The Balaban J connectivity index is 1.47.